The van der Waals surface area contributed by atoms with Crippen molar-refractivity contribution in [1.82, 2.24) is 0 Å². The van der Waals surface area contributed by atoms with Crippen molar-refractivity contribution in [2.45, 2.75) is 35.5 Å². The van der Waals surface area contributed by atoms with E-state index in [0.29, 0.717) is 45.6 Å². The standard InChI is InChI=1S/C39H29I4O6S/c1-22(2)38(44)48-36-20-30(40)34(18-32(36)42)46-25-8-14-28(15-9-25)50(27-12-6-24(5)7-13-27)29-16-10-26(11-17-29)47-35-19-33(43)37(21-31(35)41)49-39(45)23(3)4/h6-21H,1,3H2,2,4-5H3/q+1. The van der Waals surface area contributed by atoms with Crippen molar-refractivity contribution < 1.29 is 28.5 Å². The highest BCUT2D eigenvalue weighted by Crippen LogP contribution is 2.38. The number of halogens is 4. The summed E-state index contributed by atoms with van der Waals surface area (Å²) in [5.41, 5.74) is 1.86. The van der Waals surface area contributed by atoms with E-state index in [-0.39, 0.29) is 0 Å². The summed E-state index contributed by atoms with van der Waals surface area (Å²) < 4.78 is 26.6. The van der Waals surface area contributed by atoms with Crippen molar-refractivity contribution in [2.24, 2.45) is 0 Å². The van der Waals surface area contributed by atoms with Gasteiger partial charge in [0.05, 0.1) is 25.2 Å². The van der Waals surface area contributed by atoms with Gasteiger partial charge in [-0.05, 0) is 196 Å². The van der Waals surface area contributed by atoms with E-state index in [4.69, 9.17) is 18.9 Å². The van der Waals surface area contributed by atoms with Crippen LogP contribution in [0.3, 0.4) is 0 Å². The van der Waals surface area contributed by atoms with E-state index in [0.717, 1.165) is 24.1 Å². The van der Waals surface area contributed by atoms with Crippen LogP contribution in [0.1, 0.15) is 19.4 Å². The van der Waals surface area contributed by atoms with Crippen molar-refractivity contribution in [2.75, 3.05) is 0 Å². The smallest absolute Gasteiger partial charge is 0.338 e. The Balaban J connectivity index is 1.37. The first-order valence-corrected chi connectivity index (χ1v) is 20.4. The molecule has 0 atom stereocenters. The molecule has 0 aliphatic heterocycles. The third-order valence-corrected chi connectivity index (χ3v) is 12.5. The van der Waals surface area contributed by atoms with Gasteiger partial charge in [-0.3, -0.25) is 0 Å². The van der Waals surface area contributed by atoms with Crippen LogP contribution in [0, 0.1) is 21.2 Å². The number of hydrogen-bond acceptors (Lipinski definition) is 6. The predicted octanol–water partition coefficient (Wildman–Crippen LogP) is 12.1. The summed E-state index contributed by atoms with van der Waals surface area (Å²) in [6.07, 6.45) is 0. The van der Waals surface area contributed by atoms with Gasteiger partial charge in [-0.1, -0.05) is 30.9 Å². The molecule has 5 rings (SSSR count). The van der Waals surface area contributed by atoms with E-state index in [1.165, 1.54) is 10.5 Å². The van der Waals surface area contributed by atoms with Crippen molar-refractivity contribution in [1.29, 1.82) is 0 Å². The van der Waals surface area contributed by atoms with Gasteiger partial charge in [0.15, 0.2) is 14.7 Å². The fourth-order valence-electron chi connectivity index (χ4n) is 4.33. The third-order valence-electron chi connectivity index (χ3n) is 6.91. The van der Waals surface area contributed by atoms with Gasteiger partial charge in [0.25, 0.3) is 0 Å². The van der Waals surface area contributed by atoms with Crippen LogP contribution in [0.2, 0.25) is 0 Å². The first-order valence-electron chi connectivity index (χ1n) is 14.9. The summed E-state index contributed by atoms with van der Waals surface area (Å²) in [7, 11) is -0.402. The van der Waals surface area contributed by atoms with Gasteiger partial charge in [0.1, 0.15) is 34.5 Å². The number of ether oxygens (including phenoxy) is 4. The molecule has 0 amide bonds. The van der Waals surface area contributed by atoms with Gasteiger partial charge >= 0.3 is 11.9 Å². The molecule has 0 aliphatic rings. The number of aryl methyl sites for hydroxylation is 1. The molecule has 0 spiro atoms. The molecule has 0 bridgehead atoms. The van der Waals surface area contributed by atoms with Gasteiger partial charge in [0.2, 0.25) is 0 Å². The normalized spacial score (nSPS) is 10.8. The summed E-state index contributed by atoms with van der Waals surface area (Å²) in [4.78, 5) is 27.5. The number of carbonyl (C=O) groups excluding carboxylic acids is 2. The van der Waals surface area contributed by atoms with Crippen molar-refractivity contribution in [3.63, 3.8) is 0 Å². The van der Waals surface area contributed by atoms with Gasteiger partial charge in [-0.2, -0.15) is 0 Å². The largest absolute Gasteiger partial charge is 0.456 e. The lowest BCUT2D eigenvalue weighted by Gasteiger charge is -2.13. The minimum atomic E-state index is -0.464. The zero-order valence-electron chi connectivity index (χ0n) is 27.0. The van der Waals surface area contributed by atoms with Crippen LogP contribution in [0.5, 0.6) is 34.5 Å². The van der Waals surface area contributed by atoms with Crippen molar-refractivity contribution >= 4 is 113 Å². The Morgan fingerprint density at radius 1 is 0.520 bits per heavy atom. The van der Waals surface area contributed by atoms with E-state index < -0.39 is 22.8 Å². The molecule has 11 heteroatoms. The van der Waals surface area contributed by atoms with Crippen LogP contribution in [0.4, 0.5) is 0 Å². The second kappa shape index (κ2) is 17.3. The molecule has 0 radical (unpaired) electrons. The van der Waals surface area contributed by atoms with Crippen LogP contribution >= 0.6 is 90.4 Å². The molecular weight excluding hydrogens is 1100 g/mol. The minimum Gasteiger partial charge on any atom is -0.456 e. The third kappa shape index (κ3) is 9.83. The van der Waals surface area contributed by atoms with Crippen LogP contribution in [0.25, 0.3) is 0 Å². The Labute approximate surface area is 348 Å². The predicted molar refractivity (Wildman–Crippen MR) is 231 cm³/mol. The molecule has 0 fully saturated rings. The SMILES string of the molecule is C=C(C)C(=O)Oc1cc(I)c(Oc2ccc([S+](c3ccc(C)cc3)c3ccc(Oc4cc(I)c(OC(=O)C(=C)C)cc4I)cc3)cc2)cc1I. The molecule has 0 saturated heterocycles. The Hall–Kier alpha value is -2.61. The zero-order valence-corrected chi connectivity index (χ0v) is 36.5. The first-order chi connectivity index (χ1) is 23.8. The summed E-state index contributed by atoms with van der Waals surface area (Å²) in [5.74, 6) is 2.71. The molecule has 0 N–H and O–H groups in total. The van der Waals surface area contributed by atoms with Gasteiger partial charge < -0.3 is 18.9 Å². The quantitative estimate of drug-likeness (QED) is 0.0431. The Morgan fingerprint density at radius 3 is 1.16 bits per heavy atom. The van der Waals surface area contributed by atoms with E-state index in [1.807, 2.05) is 36.4 Å². The fraction of sp³-hybridized carbons (Fsp3) is 0.0769. The molecule has 0 aliphatic carbocycles. The summed E-state index contributed by atoms with van der Waals surface area (Å²) in [6, 6.07) is 32.1. The Kier molecular flexibility index (Phi) is 13.3. The summed E-state index contributed by atoms with van der Waals surface area (Å²) in [6.45, 7) is 12.6. The van der Waals surface area contributed by atoms with E-state index in [2.05, 4.69) is 159 Å². The van der Waals surface area contributed by atoms with Crippen molar-refractivity contribution in [3.05, 3.63) is 141 Å². The van der Waals surface area contributed by atoms with Gasteiger partial charge in [-0.25, -0.2) is 9.59 Å². The summed E-state index contributed by atoms with van der Waals surface area (Å²) in [5, 5.41) is 0. The van der Waals surface area contributed by atoms with Gasteiger partial charge in [0, 0.05) is 11.1 Å². The number of benzene rings is 5. The molecule has 0 saturated carbocycles. The highest BCUT2D eigenvalue weighted by atomic mass is 127. The van der Waals surface area contributed by atoms with E-state index in [1.54, 1.807) is 26.0 Å². The van der Waals surface area contributed by atoms with E-state index >= 15 is 0 Å². The number of carbonyl (C=O) groups is 2. The topological polar surface area (TPSA) is 71.1 Å². The molecule has 254 valence electrons. The van der Waals surface area contributed by atoms with Crippen molar-refractivity contribution in [3.8, 4) is 34.5 Å². The number of esters is 2. The molecule has 5 aromatic carbocycles. The average Bonchev–Trinajstić information content (AvgIpc) is 3.08. The molecule has 6 nitrogen and oxygen atoms in total. The lowest BCUT2D eigenvalue weighted by Crippen LogP contribution is -2.09. The average molecular weight is 1130 g/mol. The lowest BCUT2D eigenvalue weighted by molar-refractivity contribution is -0.131. The Morgan fingerprint density at radius 2 is 0.820 bits per heavy atom. The highest BCUT2D eigenvalue weighted by molar-refractivity contribution is 14.1. The fourth-order valence-corrected chi connectivity index (χ4v) is 8.57. The molecule has 0 unspecified atom stereocenters. The second-order valence-electron chi connectivity index (χ2n) is 11.0. The van der Waals surface area contributed by atoms with Crippen LogP contribution in [-0.4, -0.2) is 11.9 Å². The van der Waals surface area contributed by atoms with Crippen LogP contribution in [0.15, 0.2) is 136 Å². The summed E-state index contributed by atoms with van der Waals surface area (Å²) >= 11 is 8.62. The molecule has 0 heterocycles. The maximum absolute atomic E-state index is 12.0. The number of hydrogen-bond donors (Lipinski definition) is 0. The number of rotatable bonds is 11. The first kappa shape index (κ1) is 38.6. The highest BCUT2D eigenvalue weighted by Gasteiger charge is 2.29. The van der Waals surface area contributed by atoms with Crippen LogP contribution in [-0.2, 0) is 20.5 Å². The monoisotopic (exact) mass is 1130 g/mol. The van der Waals surface area contributed by atoms with E-state index in [9.17, 15) is 9.59 Å². The van der Waals surface area contributed by atoms with Gasteiger partial charge in [-0.15, -0.1) is 0 Å². The Bertz CT molecular complexity index is 1970. The zero-order chi connectivity index (χ0) is 36.1. The van der Waals surface area contributed by atoms with Crippen LogP contribution < -0.4 is 18.9 Å². The maximum Gasteiger partial charge on any atom is 0.338 e. The minimum absolute atomic E-state index is 0.335. The maximum atomic E-state index is 12.0. The lowest BCUT2D eigenvalue weighted by atomic mass is 10.2. The molecule has 5 aromatic rings. The molecular formula is C39H29I4O6S+. The molecule has 50 heavy (non-hydrogen) atoms. The molecule has 0 aromatic heterocycles. The second-order valence-corrected chi connectivity index (χ2v) is 17.7.